The van der Waals surface area contributed by atoms with Crippen molar-refractivity contribution < 1.29 is 14.3 Å². The van der Waals surface area contributed by atoms with Crippen molar-refractivity contribution in [3.63, 3.8) is 0 Å². The molecule has 4 heteroatoms. The third kappa shape index (κ3) is 2.83. The van der Waals surface area contributed by atoms with Crippen molar-refractivity contribution >= 4 is 17.6 Å². The van der Waals surface area contributed by atoms with E-state index in [1.165, 1.54) is 12.1 Å². The van der Waals surface area contributed by atoms with Gasteiger partial charge in [-0.25, -0.2) is 4.39 Å². The highest BCUT2D eigenvalue weighted by Gasteiger charge is 2.29. The number of benzene rings is 2. The summed E-state index contributed by atoms with van der Waals surface area (Å²) in [6.07, 6.45) is 0. The molecule has 0 bridgehead atoms. The van der Waals surface area contributed by atoms with E-state index in [0.717, 1.165) is 5.56 Å². The largest absolute Gasteiger partial charge is 0.481 e. The Bertz CT molecular complexity index is 645. The quantitative estimate of drug-likeness (QED) is 0.904. The SMILES string of the molecule is CC(C)(C(=O)O)c1cccc(-c2cc(F)cc(Cl)c2)c1. The summed E-state index contributed by atoms with van der Waals surface area (Å²) in [5.74, 6) is -1.33. The first-order valence-electron chi connectivity index (χ1n) is 6.11. The second kappa shape index (κ2) is 5.25. The molecule has 0 fully saturated rings. The first kappa shape index (κ1) is 14.5. The first-order chi connectivity index (χ1) is 9.30. The Morgan fingerprint density at radius 2 is 1.85 bits per heavy atom. The van der Waals surface area contributed by atoms with Crippen LogP contribution in [-0.4, -0.2) is 11.1 Å². The fourth-order valence-corrected chi connectivity index (χ4v) is 2.15. The summed E-state index contributed by atoms with van der Waals surface area (Å²) in [5.41, 5.74) is 1.01. The van der Waals surface area contributed by atoms with Crippen LogP contribution in [0.15, 0.2) is 42.5 Å². The third-order valence-corrected chi connectivity index (χ3v) is 3.53. The first-order valence-corrected chi connectivity index (χ1v) is 6.49. The Morgan fingerprint density at radius 3 is 2.45 bits per heavy atom. The van der Waals surface area contributed by atoms with Crippen molar-refractivity contribution in [2.75, 3.05) is 0 Å². The van der Waals surface area contributed by atoms with Gasteiger partial charge in [0.05, 0.1) is 5.41 Å². The van der Waals surface area contributed by atoms with Gasteiger partial charge in [-0.1, -0.05) is 35.9 Å². The van der Waals surface area contributed by atoms with Gasteiger partial charge in [0.2, 0.25) is 0 Å². The van der Waals surface area contributed by atoms with E-state index in [-0.39, 0.29) is 0 Å². The molecule has 2 nitrogen and oxygen atoms in total. The van der Waals surface area contributed by atoms with E-state index in [1.807, 2.05) is 0 Å². The van der Waals surface area contributed by atoms with Gasteiger partial charge in [0.15, 0.2) is 0 Å². The average molecular weight is 293 g/mol. The topological polar surface area (TPSA) is 37.3 Å². The molecule has 0 amide bonds. The lowest BCUT2D eigenvalue weighted by molar-refractivity contribution is -0.142. The van der Waals surface area contributed by atoms with Crippen LogP contribution in [0.5, 0.6) is 0 Å². The van der Waals surface area contributed by atoms with Crippen LogP contribution in [0.1, 0.15) is 19.4 Å². The Labute approximate surface area is 121 Å². The van der Waals surface area contributed by atoms with Gasteiger partial charge in [-0.3, -0.25) is 4.79 Å². The second-order valence-corrected chi connectivity index (χ2v) is 5.61. The van der Waals surface area contributed by atoms with Crippen LogP contribution in [0.4, 0.5) is 4.39 Å². The van der Waals surface area contributed by atoms with Crippen LogP contribution >= 0.6 is 11.6 Å². The van der Waals surface area contributed by atoms with Crippen LogP contribution in [-0.2, 0) is 10.2 Å². The van der Waals surface area contributed by atoms with Crippen LogP contribution < -0.4 is 0 Å². The second-order valence-electron chi connectivity index (χ2n) is 5.17. The predicted molar refractivity (Wildman–Crippen MR) is 77.5 cm³/mol. The minimum absolute atomic E-state index is 0.308. The molecule has 0 saturated carbocycles. The van der Waals surface area contributed by atoms with E-state index in [2.05, 4.69) is 0 Å². The predicted octanol–water partition coefficient (Wildman–Crippen LogP) is 4.51. The van der Waals surface area contributed by atoms with E-state index in [0.29, 0.717) is 16.1 Å². The summed E-state index contributed by atoms with van der Waals surface area (Å²) < 4.78 is 13.4. The van der Waals surface area contributed by atoms with Gasteiger partial charge in [0.1, 0.15) is 5.82 Å². The highest BCUT2D eigenvalue weighted by atomic mass is 35.5. The van der Waals surface area contributed by atoms with Gasteiger partial charge >= 0.3 is 5.97 Å². The Balaban J connectivity index is 2.52. The highest BCUT2D eigenvalue weighted by molar-refractivity contribution is 6.30. The molecule has 0 unspecified atom stereocenters. The Kier molecular flexibility index (Phi) is 3.82. The number of carboxylic acid groups (broad SMARTS) is 1. The number of rotatable bonds is 3. The van der Waals surface area contributed by atoms with Gasteiger partial charge in [0, 0.05) is 5.02 Å². The van der Waals surface area contributed by atoms with Gasteiger partial charge in [0.25, 0.3) is 0 Å². The molecular weight excluding hydrogens is 279 g/mol. The van der Waals surface area contributed by atoms with E-state index in [4.69, 9.17) is 11.6 Å². The molecule has 2 aromatic carbocycles. The molecule has 0 aromatic heterocycles. The molecule has 104 valence electrons. The molecule has 0 aliphatic rings. The number of carboxylic acids is 1. The highest BCUT2D eigenvalue weighted by Crippen LogP contribution is 2.30. The normalized spacial score (nSPS) is 11.4. The molecule has 20 heavy (non-hydrogen) atoms. The van der Waals surface area contributed by atoms with Gasteiger partial charge in [-0.2, -0.15) is 0 Å². The van der Waals surface area contributed by atoms with E-state index in [1.54, 1.807) is 44.2 Å². The minimum Gasteiger partial charge on any atom is -0.481 e. The smallest absolute Gasteiger partial charge is 0.313 e. The molecule has 0 saturated heterocycles. The van der Waals surface area contributed by atoms with E-state index < -0.39 is 17.2 Å². The third-order valence-electron chi connectivity index (χ3n) is 3.31. The van der Waals surface area contributed by atoms with Crippen molar-refractivity contribution in [3.05, 3.63) is 58.9 Å². The number of hydrogen-bond donors (Lipinski definition) is 1. The fraction of sp³-hybridized carbons (Fsp3) is 0.188. The molecule has 2 rings (SSSR count). The van der Waals surface area contributed by atoms with E-state index >= 15 is 0 Å². The van der Waals surface area contributed by atoms with Crippen molar-refractivity contribution in [2.45, 2.75) is 19.3 Å². The molecule has 2 aromatic rings. The monoisotopic (exact) mass is 292 g/mol. The number of halogens is 2. The van der Waals surface area contributed by atoms with Crippen molar-refractivity contribution in [1.29, 1.82) is 0 Å². The Hall–Kier alpha value is -1.87. The average Bonchev–Trinajstić information content (AvgIpc) is 2.37. The molecule has 0 aliphatic heterocycles. The number of aliphatic carboxylic acids is 1. The lowest BCUT2D eigenvalue weighted by atomic mass is 9.83. The van der Waals surface area contributed by atoms with Crippen LogP contribution in [0.2, 0.25) is 5.02 Å². The van der Waals surface area contributed by atoms with Crippen molar-refractivity contribution in [2.24, 2.45) is 0 Å². The molecule has 0 heterocycles. The zero-order chi connectivity index (χ0) is 14.9. The molecule has 1 N–H and O–H groups in total. The number of carbonyl (C=O) groups is 1. The van der Waals surface area contributed by atoms with E-state index in [9.17, 15) is 14.3 Å². The van der Waals surface area contributed by atoms with Crippen molar-refractivity contribution in [3.8, 4) is 11.1 Å². The van der Waals surface area contributed by atoms with Crippen molar-refractivity contribution in [1.82, 2.24) is 0 Å². The molecule has 0 radical (unpaired) electrons. The maximum absolute atomic E-state index is 13.4. The summed E-state index contributed by atoms with van der Waals surface area (Å²) in [5, 5.41) is 9.57. The molecular formula is C16H14ClFO2. The Morgan fingerprint density at radius 1 is 1.15 bits per heavy atom. The minimum atomic E-state index is -1.01. The fourth-order valence-electron chi connectivity index (χ4n) is 1.93. The summed E-state index contributed by atoms with van der Waals surface area (Å²) in [7, 11) is 0. The van der Waals surface area contributed by atoms with Gasteiger partial charge in [-0.15, -0.1) is 0 Å². The zero-order valence-corrected chi connectivity index (χ0v) is 11.9. The molecule has 0 atom stereocenters. The summed E-state index contributed by atoms with van der Waals surface area (Å²) >= 11 is 5.85. The standard InChI is InChI=1S/C16H14ClFO2/c1-16(2,15(19)20)12-5-3-4-10(6-12)11-7-13(17)9-14(18)8-11/h3-9H,1-2H3,(H,19,20). The number of hydrogen-bond acceptors (Lipinski definition) is 1. The molecule has 0 aliphatic carbocycles. The summed E-state index contributed by atoms with van der Waals surface area (Å²) in [6.45, 7) is 3.26. The van der Waals surface area contributed by atoms with Gasteiger partial charge < -0.3 is 5.11 Å². The maximum atomic E-state index is 13.4. The summed E-state index contributed by atoms with van der Waals surface area (Å²) in [6, 6.07) is 11.3. The molecule has 0 spiro atoms. The van der Waals surface area contributed by atoms with Crippen LogP contribution in [0.25, 0.3) is 11.1 Å². The van der Waals surface area contributed by atoms with Crippen LogP contribution in [0.3, 0.4) is 0 Å². The summed E-state index contributed by atoms with van der Waals surface area (Å²) in [4.78, 5) is 11.3. The van der Waals surface area contributed by atoms with Crippen LogP contribution in [0, 0.1) is 5.82 Å². The van der Waals surface area contributed by atoms with Gasteiger partial charge in [-0.05, 0) is 48.7 Å². The lowest BCUT2D eigenvalue weighted by Gasteiger charge is -2.20. The zero-order valence-electron chi connectivity index (χ0n) is 11.2. The maximum Gasteiger partial charge on any atom is 0.313 e. The lowest BCUT2D eigenvalue weighted by Crippen LogP contribution is -2.28.